The number of carbonyl (C=O) groups is 1. The lowest BCUT2D eigenvalue weighted by molar-refractivity contribution is -0.122. The van der Waals surface area contributed by atoms with Gasteiger partial charge in [0.25, 0.3) is 0 Å². The fourth-order valence-corrected chi connectivity index (χ4v) is 4.26. The molecule has 24 heavy (non-hydrogen) atoms. The van der Waals surface area contributed by atoms with Gasteiger partial charge in [-0.3, -0.25) is 4.79 Å². The first-order valence-electron chi connectivity index (χ1n) is 8.26. The number of rotatable bonds is 6. The van der Waals surface area contributed by atoms with Crippen LogP contribution in [0.2, 0.25) is 0 Å². The van der Waals surface area contributed by atoms with E-state index < -0.39 is 10.0 Å². The molecule has 0 bridgehead atoms. The summed E-state index contributed by atoms with van der Waals surface area (Å²) in [5, 5.41) is 3.00. The van der Waals surface area contributed by atoms with E-state index in [1.54, 1.807) is 31.4 Å². The molecule has 1 saturated heterocycles. The quantitative estimate of drug-likeness (QED) is 0.848. The minimum Gasteiger partial charge on any atom is -0.497 e. The Bertz CT molecular complexity index is 648. The van der Waals surface area contributed by atoms with Crippen LogP contribution in [0.5, 0.6) is 5.75 Å². The maximum atomic E-state index is 12.7. The van der Waals surface area contributed by atoms with Gasteiger partial charge in [0.05, 0.1) is 12.0 Å². The van der Waals surface area contributed by atoms with Gasteiger partial charge in [0, 0.05) is 25.6 Å². The smallest absolute Gasteiger partial charge is 0.243 e. The molecule has 0 spiro atoms. The largest absolute Gasteiger partial charge is 0.497 e. The predicted molar refractivity (Wildman–Crippen MR) is 92.4 cm³/mol. The van der Waals surface area contributed by atoms with Crippen LogP contribution in [-0.2, 0) is 14.8 Å². The molecule has 0 aliphatic carbocycles. The SMILES string of the molecule is COc1ccc(S(=O)(=O)N2CCC(NC(=O)CC(C)C)CC2)cc1. The minimum absolute atomic E-state index is 0.0430. The molecule has 1 amide bonds. The van der Waals surface area contributed by atoms with Gasteiger partial charge in [-0.2, -0.15) is 4.31 Å². The summed E-state index contributed by atoms with van der Waals surface area (Å²) in [5.41, 5.74) is 0. The third kappa shape index (κ3) is 4.70. The third-order valence-electron chi connectivity index (χ3n) is 4.11. The first kappa shape index (κ1) is 18.7. The summed E-state index contributed by atoms with van der Waals surface area (Å²) in [6.45, 7) is 4.84. The Labute approximate surface area is 144 Å². The standard InChI is InChI=1S/C17H26N2O4S/c1-13(2)12-17(20)18-14-8-10-19(11-9-14)24(21,22)16-6-4-15(23-3)5-7-16/h4-7,13-14H,8-12H2,1-3H3,(H,18,20). The van der Waals surface area contributed by atoms with Crippen LogP contribution in [0.4, 0.5) is 0 Å². The van der Waals surface area contributed by atoms with Crippen molar-refractivity contribution in [1.29, 1.82) is 0 Å². The molecule has 0 radical (unpaired) electrons. The van der Waals surface area contributed by atoms with Crippen molar-refractivity contribution in [2.45, 2.75) is 44.0 Å². The second-order valence-electron chi connectivity index (χ2n) is 6.52. The van der Waals surface area contributed by atoms with E-state index in [-0.39, 0.29) is 16.8 Å². The molecule has 0 unspecified atom stereocenters. The zero-order valence-electron chi connectivity index (χ0n) is 14.5. The van der Waals surface area contributed by atoms with Gasteiger partial charge in [0.2, 0.25) is 15.9 Å². The monoisotopic (exact) mass is 354 g/mol. The molecule has 0 atom stereocenters. The van der Waals surface area contributed by atoms with Crippen LogP contribution in [0.25, 0.3) is 0 Å². The Hall–Kier alpha value is -1.60. The fourth-order valence-electron chi connectivity index (χ4n) is 2.79. The molecule has 1 aromatic rings. The highest BCUT2D eigenvalue weighted by atomic mass is 32.2. The van der Waals surface area contributed by atoms with Gasteiger partial charge in [-0.05, 0) is 43.0 Å². The highest BCUT2D eigenvalue weighted by Gasteiger charge is 2.29. The molecule has 1 aromatic carbocycles. The van der Waals surface area contributed by atoms with Gasteiger partial charge < -0.3 is 10.1 Å². The molecule has 2 rings (SSSR count). The first-order valence-corrected chi connectivity index (χ1v) is 9.70. The van der Waals surface area contributed by atoms with Crippen LogP contribution in [0.1, 0.15) is 33.1 Å². The van der Waals surface area contributed by atoms with Crippen LogP contribution >= 0.6 is 0 Å². The Morgan fingerprint density at radius 1 is 1.25 bits per heavy atom. The summed E-state index contributed by atoms with van der Waals surface area (Å²) in [6.07, 6.45) is 1.78. The number of ether oxygens (including phenoxy) is 1. The van der Waals surface area contributed by atoms with Gasteiger partial charge >= 0.3 is 0 Å². The Morgan fingerprint density at radius 3 is 2.33 bits per heavy atom. The highest BCUT2D eigenvalue weighted by molar-refractivity contribution is 7.89. The lowest BCUT2D eigenvalue weighted by atomic mass is 10.1. The molecular formula is C17H26N2O4S. The Balaban J connectivity index is 1.94. The van der Waals surface area contributed by atoms with Crippen LogP contribution in [0.15, 0.2) is 29.2 Å². The molecule has 1 fully saturated rings. The van der Waals surface area contributed by atoms with Crippen molar-refractivity contribution in [2.24, 2.45) is 5.92 Å². The van der Waals surface area contributed by atoms with Crippen molar-refractivity contribution in [2.75, 3.05) is 20.2 Å². The van der Waals surface area contributed by atoms with Crippen LogP contribution in [0.3, 0.4) is 0 Å². The maximum Gasteiger partial charge on any atom is 0.243 e. The third-order valence-corrected chi connectivity index (χ3v) is 6.02. The summed E-state index contributed by atoms with van der Waals surface area (Å²) < 4.78 is 31.9. The molecule has 1 aliphatic rings. The predicted octanol–water partition coefficient (Wildman–Crippen LogP) is 2.01. The molecular weight excluding hydrogens is 328 g/mol. The maximum absolute atomic E-state index is 12.7. The Kier molecular flexibility index (Phi) is 6.23. The number of hydrogen-bond donors (Lipinski definition) is 1. The zero-order valence-corrected chi connectivity index (χ0v) is 15.3. The van der Waals surface area contributed by atoms with Crippen LogP contribution < -0.4 is 10.1 Å². The van der Waals surface area contributed by atoms with E-state index >= 15 is 0 Å². The summed E-state index contributed by atoms with van der Waals surface area (Å²) in [6, 6.07) is 6.46. The average molecular weight is 354 g/mol. The van der Waals surface area contributed by atoms with Gasteiger partial charge in [-0.25, -0.2) is 8.42 Å². The van der Waals surface area contributed by atoms with Crippen molar-refractivity contribution >= 4 is 15.9 Å². The summed E-state index contributed by atoms with van der Waals surface area (Å²) in [7, 11) is -1.95. The van der Waals surface area contributed by atoms with E-state index in [9.17, 15) is 13.2 Å². The molecule has 1 aliphatic heterocycles. The number of methoxy groups -OCH3 is 1. The minimum atomic E-state index is -3.49. The number of hydrogen-bond acceptors (Lipinski definition) is 4. The lowest BCUT2D eigenvalue weighted by Crippen LogP contribution is -2.46. The normalized spacial score (nSPS) is 17.0. The van der Waals surface area contributed by atoms with Crippen molar-refractivity contribution in [3.8, 4) is 5.75 Å². The summed E-state index contributed by atoms with van der Waals surface area (Å²) >= 11 is 0. The molecule has 7 heteroatoms. The number of nitrogens with zero attached hydrogens (tertiary/aromatic N) is 1. The van der Waals surface area contributed by atoms with Crippen molar-refractivity contribution in [3.63, 3.8) is 0 Å². The van der Waals surface area contributed by atoms with E-state index in [0.29, 0.717) is 44.0 Å². The van der Waals surface area contributed by atoms with Gasteiger partial charge in [-0.15, -0.1) is 0 Å². The van der Waals surface area contributed by atoms with Crippen molar-refractivity contribution < 1.29 is 17.9 Å². The molecule has 134 valence electrons. The second kappa shape index (κ2) is 7.98. The van der Waals surface area contributed by atoms with E-state index in [1.165, 1.54) is 4.31 Å². The summed E-state index contributed by atoms with van der Waals surface area (Å²) in [5.74, 6) is 0.988. The molecule has 0 aromatic heterocycles. The van der Waals surface area contributed by atoms with Crippen molar-refractivity contribution in [1.82, 2.24) is 9.62 Å². The molecule has 1 heterocycles. The van der Waals surface area contributed by atoms with Gasteiger partial charge in [0.1, 0.15) is 5.75 Å². The topological polar surface area (TPSA) is 75.7 Å². The van der Waals surface area contributed by atoms with E-state index in [2.05, 4.69) is 5.32 Å². The highest BCUT2D eigenvalue weighted by Crippen LogP contribution is 2.23. The molecule has 0 saturated carbocycles. The number of sulfonamides is 1. The average Bonchev–Trinajstić information content (AvgIpc) is 2.54. The Morgan fingerprint density at radius 2 is 1.83 bits per heavy atom. The summed E-state index contributed by atoms with van der Waals surface area (Å²) in [4.78, 5) is 12.1. The number of piperidine rings is 1. The van der Waals surface area contributed by atoms with Gasteiger partial charge in [0.15, 0.2) is 0 Å². The lowest BCUT2D eigenvalue weighted by Gasteiger charge is -2.31. The first-order chi connectivity index (χ1) is 11.3. The van der Waals surface area contributed by atoms with Gasteiger partial charge in [-0.1, -0.05) is 13.8 Å². The number of carbonyl (C=O) groups excluding carboxylic acids is 1. The van der Waals surface area contributed by atoms with Crippen LogP contribution in [-0.4, -0.2) is 44.9 Å². The second-order valence-corrected chi connectivity index (χ2v) is 8.46. The van der Waals surface area contributed by atoms with E-state index in [4.69, 9.17) is 4.74 Å². The van der Waals surface area contributed by atoms with E-state index in [0.717, 1.165) is 0 Å². The molecule has 6 nitrogen and oxygen atoms in total. The molecule has 1 N–H and O–H groups in total. The van der Waals surface area contributed by atoms with Crippen LogP contribution in [0, 0.1) is 5.92 Å². The number of nitrogens with one attached hydrogen (secondary N) is 1. The fraction of sp³-hybridized carbons (Fsp3) is 0.588. The van der Waals surface area contributed by atoms with Crippen molar-refractivity contribution in [3.05, 3.63) is 24.3 Å². The zero-order chi connectivity index (χ0) is 17.7. The van der Waals surface area contributed by atoms with E-state index in [1.807, 2.05) is 13.8 Å². The number of benzene rings is 1. The number of amides is 1.